The molecule has 2 heterocycles. The Morgan fingerprint density at radius 3 is 2.55 bits per heavy atom. The van der Waals surface area contributed by atoms with E-state index in [1.807, 2.05) is 6.07 Å². The zero-order valence-electron chi connectivity index (χ0n) is 11.8. The maximum Gasteiger partial charge on any atom is 0.227 e. The molecular formula is C17H22N2O. The summed E-state index contributed by atoms with van der Waals surface area (Å²) >= 11 is 0. The third kappa shape index (κ3) is 2.24. The molecular weight excluding hydrogens is 248 g/mol. The van der Waals surface area contributed by atoms with Crippen molar-refractivity contribution in [3.05, 3.63) is 35.9 Å². The number of fused-ring (bicyclic) bond motifs is 2. The number of benzene rings is 1. The van der Waals surface area contributed by atoms with Crippen molar-refractivity contribution in [3.63, 3.8) is 0 Å². The van der Waals surface area contributed by atoms with Gasteiger partial charge < -0.3 is 10.2 Å². The molecule has 20 heavy (non-hydrogen) atoms. The topological polar surface area (TPSA) is 32.3 Å². The summed E-state index contributed by atoms with van der Waals surface area (Å²) in [6.07, 6.45) is 5.88. The average molecular weight is 270 g/mol. The minimum atomic E-state index is 0.234. The van der Waals surface area contributed by atoms with Crippen LogP contribution in [-0.2, 0) is 11.3 Å². The number of rotatable bonds is 4. The number of hydrogen-bond donors (Lipinski definition) is 1. The molecule has 106 valence electrons. The Balaban J connectivity index is 1.49. The van der Waals surface area contributed by atoms with Gasteiger partial charge >= 0.3 is 0 Å². The van der Waals surface area contributed by atoms with Gasteiger partial charge in [-0.1, -0.05) is 30.3 Å². The molecule has 1 saturated carbocycles. The first-order valence-corrected chi connectivity index (χ1v) is 7.92. The SMILES string of the molecule is O=C(C1CC2CCC1N2)N(Cc1ccccc1)C1CC1. The van der Waals surface area contributed by atoms with E-state index >= 15 is 0 Å². The van der Waals surface area contributed by atoms with Gasteiger partial charge in [0.25, 0.3) is 0 Å². The van der Waals surface area contributed by atoms with Crippen LogP contribution in [0.2, 0.25) is 0 Å². The van der Waals surface area contributed by atoms with E-state index in [9.17, 15) is 4.79 Å². The second kappa shape index (κ2) is 4.88. The lowest BCUT2D eigenvalue weighted by atomic mass is 9.88. The summed E-state index contributed by atoms with van der Waals surface area (Å²) in [7, 11) is 0. The molecule has 3 unspecified atom stereocenters. The molecule has 0 spiro atoms. The molecule has 3 nitrogen and oxygen atoms in total. The summed E-state index contributed by atoms with van der Waals surface area (Å²) in [4.78, 5) is 15.1. The molecule has 1 aliphatic carbocycles. The normalized spacial score (nSPS) is 31.5. The summed E-state index contributed by atoms with van der Waals surface area (Å²) in [5.74, 6) is 0.633. The second-order valence-electron chi connectivity index (χ2n) is 6.57. The zero-order valence-corrected chi connectivity index (χ0v) is 11.8. The van der Waals surface area contributed by atoms with E-state index in [4.69, 9.17) is 0 Å². The van der Waals surface area contributed by atoms with Gasteiger partial charge in [-0.3, -0.25) is 4.79 Å². The molecule has 1 aromatic carbocycles. The first-order valence-electron chi connectivity index (χ1n) is 7.92. The van der Waals surface area contributed by atoms with Crippen molar-refractivity contribution < 1.29 is 4.79 Å². The van der Waals surface area contributed by atoms with E-state index in [0.717, 1.165) is 13.0 Å². The maximum atomic E-state index is 12.9. The quantitative estimate of drug-likeness (QED) is 0.910. The molecule has 1 N–H and O–H groups in total. The van der Waals surface area contributed by atoms with Crippen LogP contribution in [-0.4, -0.2) is 28.9 Å². The highest BCUT2D eigenvalue weighted by atomic mass is 16.2. The van der Waals surface area contributed by atoms with Gasteiger partial charge in [0.2, 0.25) is 5.91 Å². The van der Waals surface area contributed by atoms with Crippen molar-refractivity contribution >= 4 is 5.91 Å². The minimum absolute atomic E-state index is 0.234. The molecule has 3 fully saturated rings. The summed E-state index contributed by atoms with van der Waals surface area (Å²) in [6, 6.07) is 12.0. The van der Waals surface area contributed by atoms with Gasteiger partial charge in [0.05, 0.1) is 5.92 Å². The predicted molar refractivity (Wildman–Crippen MR) is 78.1 cm³/mol. The number of carbonyl (C=O) groups is 1. The van der Waals surface area contributed by atoms with Crippen molar-refractivity contribution in [2.45, 2.75) is 56.8 Å². The fourth-order valence-corrected chi connectivity index (χ4v) is 3.86. The molecule has 2 aliphatic heterocycles. The highest BCUT2D eigenvalue weighted by Gasteiger charge is 2.46. The van der Waals surface area contributed by atoms with Crippen molar-refractivity contribution in [2.24, 2.45) is 5.92 Å². The van der Waals surface area contributed by atoms with E-state index in [-0.39, 0.29) is 5.92 Å². The predicted octanol–water partition coefficient (Wildman–Crippen LogP) is 2.32. The largest absolute Gasteiger partial charge is 0.335 e. The fourth-order valence-electron chi connectivity index (χ4n) is 3.86. The Kier molecular flexibility index (Phi) is 3.03. The lowest BCUT2D eigenvalue weighted by Crippen LogP contribution is -2.41. The first kappa shape index (κ1) is 12.4. The van der Waals surface area contributed by atoms with Gasteiger partial charge in [-0.25, -0.2) is 0 Å². The number of nitrogens with zero attached hydrogens (tertiary/aromatic N) is 1. The minimum Gasteiger partial charge on any atom is -0.335 e. The Bertz CT molecular complexity index is 497. The zero-order chi connectivity index (χ0) is 13.5. The lowest BCUT2D eigenvalue weighted by molar-refractivity contribution is -0.137. The molecule has 3 heteroatoms. The molecule has 3 atom stereocenters. The van der Waals surface area contributed by atoms with Gasteiger partial charge in [0, 0.05) is 24.7 Å². The van der Waals surface area contributed by atoms with Crippen LogP contribution in [0, 0.1) is 5.92 Å². The van der Waals surface area contributed by atoms with Gasteiger partial charge in [-0.05, 0) is 37.7 Å². The molecule has 3 aliphatic rings. The second-order valence-corrected chi connectivity index (χ2v) is 6.57. The van der Waals surface area contributed by atoms with Crippen LogP contribution >= 0.6 is 0 Å². The van der Waals surface area contributed by atoms with Crippen molar-refractivity contribution in [1.82, 2.24) is 10.2 Å². The summed E-state index contributed by atoms with van der Waals surface area (Å²) in [6.45, 7) is 0.790. The Hall–Kier alpha value is -1.35. The Labute approximate surface area is 120 Å². The van der Waals surface area contributed by atoms with Gasteiger partial charge in [0.15, 0.2) is 0 Å². The molecule has 0 aromatic heterocycles. The van der Waals surface area contributed by atoms with Crippen LogP contribution in [0.1, 0.15) is 37.7 Å². The van der Waals surface area contributed by atoms with Crippen molar-refractivity contribution in [3.8, 4) is 0 Å². The summed E-state index contributed by atoms with van der Waals surface area (Å²) in [5.41, 5.74) is 1.25. The standard InChI is InChI=1S/C17H22N2O/c20-17(15-10-13-6-9-16(15)18-13)19(14-7-8-14)11-12-4-2-1-3-5-12/h1-5,13-16,18H,6-11H2. The fraction of sp³-hybridized carbons (Fsp3) is 0.588. The van der Waals surface area contributed by atoms with E-state index in [1.54, 1.807) is 0 Å². The Morgan fingerprint density at radius 2 is 1.95 bits per heavy atom. The van der Waals surface area contributed by atoms with Crippen molar-refractivity contribution in [2.75, 3.05) is 0 Å². The van der Waals surface area contributed by atoms with Crippen LogP contribution in [0.3, 0.4) is 0 Å². The number of nitrogens with one attached hydrogen (secondary N) is 1. The van der Waals surface area contributed by atoms with Crippen LogP contribution in [0.5, 0.6) is 0 Å². The number of amides is 1. The number of hydrogen-bond acceptors (Lipinski definition) is 2. The van der Waals surface area contributed by atoms with E-state index < -0.39 is 0 Å². The Morgan fingerprint density at radius 1 is 1.15 bits per heavy atom. The molecule has 1 aromatic rings. The summed E-state index contributed by atoms with van der Waals surface area (Å²) in [5, 5.41) is 3.59. The molecule has 4 rings (SSSR count). The third-order valence-electron chi connectivity index (χ3n) is 5.08. The van der Waals surface area contributed by atoms with Crippen LogP contribution < -0.4 is 5.32 Å². The van der Waals surface area contributed by atoms with Gasteiger partial charge in [-0.15, -0.1) is 0 Å². The third-order valence-corrected chi connectivity index (χ3v) is 5.08. The number of carbonyl (C=O) groups excluding carboxylic acids is 1. The molecule has 2 saturated heterocycles. The van der Waals surface area contributed by atoms with Crippen LogP contribution in [0.25, 0.3) is 0 Å². The first-order chi connectivity index (χ1) is 9.81. The monoisotopic (exact) mass is 270 g/mol. The molecule has 0 radical (unpaired) electrons. The van der Waals surface area contributed by atoms with Crippen LogP contribution in [0.4, 0.5) is 0 Å². The summed E-state index contributed by atoms with van der Waals surface area (Å²) < 4.78 is 0. The molecule has 2 bridgehead atoms. The highest BCUT2D eigenvalue weighted by Crippen LogP contribution is 2.37. The molecule has 1 amide bonds. The van der Waals surface area contributed by atoms with E-state index in [0.29, 0.717) is 24.0 Å². The smallest absolute Gasteiger partial charge is 0.227 e. The van der Waals surface area contributed by atoms with E-state index in [2.05, 4.69) is 34.5 Å². The average Bonchev–Trinajstić information content (AvgIpc) is 3.11. The van der Waals surface area contributed by atoms with Crippen LogP contribution in [0.15, 0.2) is 30.3 Å². The van der Waals surface area contributed by atoms with Gasteiger partial charge in [0.1, 0.15) is 0 Å². The lowest BCUT2D eigenvalue weighted by Gasteiger charge is -2.29. The van der Waals surface area contributed by atoms with Crippen molar-refractivity contribution in [1.29, 1.82) is 0 Å². The highest BCUT2D eigenvalue weighted by molar-refractivity contribution is 5.81. The van der Waals surface area contributed by atoms with E-state index in [1.165, 1.54) is 31.2 Å². The maximum absolute atomic E-state index is 12.9. The van der Waals surface area contributed by atoms with Gasteiger partial charge in [-0.2, -0.15) is 0 Å².